The van der Waals surface area contributed by atoms with Crippen LogP contribution in [0.15, 0.2) is 97.1 Å². The average molecular weight is 611 g/mol. The molecule has 0 spiro atoms. The Morgan fingerprint density at radius 3 is 1.52 bits per heavy atom. The van der Waals surface area contributed by atoms with Gasteiger partial charge in [0.25, 0.3) is 11.8 Å². The number of hydrogen-bond acceptors (Lipinski definition) is 1. The number of halogens is 4. The number of nitrogens with zero attached hydrogens (tertiary/aromatic N) is 4. The average Bonchev–Trinajstić information content (AvgIpc) is 3.44. The van der Waals surface area contributed by atoms with Crippen molar-refractivity contribution in [1.29, 1.82) is 5.26 Å². The number of hydrogen-bond donors (Lipinski definition) is 0. The number of benzene rings is 5. The number of alkyl halides is 4. The first kappa shape index (κ1) is 28.8. The van der Waals surface area contributed by atoms with Crippen molar-refractivity contribution < 1.29 is 17.6 Å². The van der Waals surface area contributed by atoms with Gasteiger partial charge >= 0.3 is 0 Å². The highest BCUT2D eigenvalue weighted by Crippen LogP contribution is 2.69. The number of rotatable bonds is 3. The normalized spacial score (nSPS) is 15.6. The molecule has 46 heavy (non-hydrogen) atoms. The first-order chi connectivity index (χ1) is 22.0. The van der Waals surface area contributed by atoms with Gasteiger partial charge in [-0.3, -0.25) is 0 Å². The lowest BCUT2D eigenvalue weighted by atomic mass is 9.83. The highest BCUT2D eigenvalue weighted by atomic mass is 19.3. The van der Waals surface area contributed by atoms with Crippen LogP contribution in [0.4, 0.5) is 28.9 Å². The van der Waals surface area contributed by atoms with Crippen LogP contribution >= 0.6 is 0 Å². The summed E-state index contributed by atoms with van der Waals surface area (Å²) in [7, 11) is 0. The van der Waals surface area contributed by atoms with Crippen molar-refractivity contribution in [1.82, 2.24) is 4.57 Å². The smallest absolute Gasteiger partial charge is 0.284 e. The van der Waals surface area contributed by atoms with E-state index in [1.807, 2.05) is 84.9 Å². The summed E-state index contributed by atoms with van der Waals surface area (Å²) in [5.74, 6) is -8.38. The van der Waals surface area contributed by atoms with E-state index >= 15 is 17.6 Å². The van der Waals surface area contributed by atoms with E-state index in [1.165, 1.54) is 4.57 Å². The van der Waals surface area contributed by atoms with E-state index in [-0.39, 0.29) is 5.69 Å². The Bertz CT molecular complexity index is 2270. The molecule has 0 radical (unpaired) electrons. The third-order valence-electron chi connectivity index (χ3n) is 9.16. The summed E-state index contributed by atoms with van der Waals surface area (Å²) in [6.45, 7) is 17.3. The molecule has 0 unspecified atom stereocenters. The van der Waals surface area contributed by atoms with Crippen molar-refractivity contribution in [2.75, 3.05) is 0 Å². The van der Waals surface area contributed by atoms with Gasteiger partial charge in [-0.2, -0.15) is 5.26 Å². The lowest BCUT2D eigenvalue weighted by molar-refractivity contribution is -0.212. The van der Waals surface area contributed by atoms with Crippen LogP contribution in [0.3, 0.4) is 0 Å². The molecule has 0 saturated heterocycles. The van der Waals surface area contributed by atoms with Crippen LogP contribution in [0.2, 0.25) is 0 Å². The Hall–Kier alpha value is -5.91. The van der Waals surface area contributed by atoms with Crippen LogP contribution in [0.25, 0.3) is 59.4 Å². The first-order valence-electron chi connectivity index (χ1n) is 14.3. The van der Waals surface area contributed by atoms with Crippen molar-refractivity contribution in [3.63, 3.8) is 0 Å². The molecule has 7 rings (SSSR count). The van der Waals surface area contributed by atoms with Gasteiger partial charge < -0.3 is 4.57 Å². The van der Waals surface area contributed by atoms with Crippen LogP contribution in [-0.4, -0.2) is 4.57 Å². The molecule has 1 aliphatic carbocycles. The quantitative estimate of drug-likeness (QED) is 0.145. The molecule has 4 nitrogen and oxygen atoms in total. The lowest BCUT2D eigenvalue weighted by Crippen LogP contribution is -2.39. The minimum atomic E-state index is -4.19. The van der Waals surface area contributed by atoms with Crippen LogP contribution in [-0.2, 0) is 11.8 Å². The molecule has 8 heteroatoms. The molecule has 0 atom stereocenters. The van der Waals surface area contributed by atoms with Gasteiger partial charge in [0.1, 0.15) is 6.07 Å². The van der Waals surface area contributed by atoms with Crippen LogP contribution in [0, 0.1) is 29.9 Å². The maximum Gasteiger partial charge on any atom is 0.284 e. The molecule has 1 aliphatic rings. The van der Waals surface area contributed by atoms with Gasteiger partial charge in [-0.15, -0.1) is 0 Å². The summed E-state index contributed by atoms with van der Waals surface area (Å²) < 4.78 is 65.4. The second-order valence-corrected chi connectivity index (χ2v) is 11.8. The third kappa shape index (κ3) is 3.63. The van der Waals surface area contributed by atoms with Gasteiger partial charge in [0.15, 0.2) is 0 Å². The van der Waals surface area contributed by atoms with E-state index in [0.717, 1.165) is 36.1 Å². The molecule has 1 heterocycles. The zero-order chi connectivity index (χ0) is 32.6. The molecule has 0 saturated carbocycles. The van der Waals surface area contributed by atoms with E-state index in [1.54, 1.807) is 18.2 Å². The minimum absolute atomic E-state index is 0.310. The Labute approximate surface area is 262 Å². The maximum absolute atomic E-state index is 16.1. The molecule has 6 aromatic rings. The summed E-state index contributed by atoms with van der Waals surface area (Å²) in [4.78, 5) is 6.73. The van der Waals surface area contributed by atoms with Crippen molar-refractivity contribution in [3.8, 4) is 34.0 Å². The lowest BCUT2D eigenvalue weighted by Gasteiger charge is -2.32. The number of aromatic nitrogens is 1. The molecular weight excluding hydrogens is 588 g/mol. The fourth-order valence-electron chi connectivity index (χ4n) is 6.58. The van der Waals surface area contributed by atoms with Crippen molar-refractivity contribution >= 4 is 33.2 Å². The van der Waals surface area contributed by atoms with Gasteiger partial charge in [-0.05, 0) is 60.4 Å². The summed E-state index contributed by atoms with van der Waals surface area (Å²) in [6, 6.07) is 32.1. The van der Waals surface area contributed by atoms with Crippen LogP contribution in [0.5, 0.6) is 0 Å². The Morgan fingerprint density at radius 1 is 0.630 bits per heavy atom. The second kappa shape index (κ2) is 9.80. The zero-order valence-corrected chi connectivity index (χ0v) is 24.5. The highest BCUT2D eigenvalue weighted by molar-refractivity contribution is 6.12. The van der Waals surface area contributed by atoms with Gasteiger partial charge in [0.05, 0.1) is 40.8 Å². The molecular formula is C38H22F4N4. The van der Waals surface area contributed by atoms with Crippen molar-refractivity contribution in [2.45, 2.75) is 25.7 Å². The Kier molecular flexibility index (Phi) is 6.14. The maximum atomic E-state index is 16.1. The van der Waals surface area contributed by atoms with Gasteiger partial charge in [0, 0.05) is 21.9 Å². The zero-order valence-electron chi connectivity index (χ0n) is 24.5. The van der Waals surface area contributed by atoms with E-state index in [4.69, 9.17) is 13.1 Å². The molecule has 0 bridgehead atoms. The second-order valence-electron chi connectivity index (χ2n) is 11.8. The standard InChI is InChI=1S/C38H22F4N4/c1-36(2)37(39,40)31-28(21-43)35(34(45-4)33(44-3)32(31)38(36,41)42)46-29-17-15-24(22-11-7-5-8-12-22)19-26(29)27-20-25(16-18-30(27)46)23-13-9-6-10-14-23/h5-20H,1-2H3. The largest absolute Gasteiger partial charge is 0.319 e. The van der Waals surface area contributed by atoms with Gasteiger partial charge in [-0.25, -0.2) is 27.3 Å². The topological polar surface area (TPSA) is 37.4 Å². The summed E-state index contributed by atoms with van der Waals surface area (Å²) in [5.41, 5.74) is -3.38. The van der Waals surface area contributed by atoms with E-state index in [2.05, 4.69) is 9.69 Å². The van der Waals surface area contributed by atoms with Gasteiger partial charge in [-0.1, -0.05) is 72.8 Å². The van der Waals surface area contributed by atoms with Crippen molar-refractivity contribution in [3.05, 3.63) is 137 Å². The first-order valence-corrected chi connectivity index (χ1v) is 14.3. The predicted octanol–water partition coefficient (Wildman–Crippen LogP) is 11.3. The molecule has 222 valence electrons. The summed E-state index contributed by atoms with van der Waals surface area (Å²) >= 11 is 0. The van der Waals surface area contributed by atoms with Crippen molar-refractivity contribution in [2.24, 2.45) is 5.41 Å². The van der Waals surface area contributed by atoms with E-state index in [9.17, 15) is 5.26 Å². The van der Waals surface area contributed by atoms with E-state index in [0.29, 0.717) is 21.8 Å². The Morgan fingerprint density at radius 2 is 1.09 bits per heavy atom. The number of nitriles is 1. The molecule has 0 aliphatic heterocycles. The SMILES string of the molecule is [C-]#[N+]c1c([N+]#[C-])c2c(c(C#N)c1-n1c3ccc(-c4ccccc4)cc3c3cc(-c4ccccc4)ccc31)C(F)(F)C(C)(C)C2(F)F. The number of fused-ring (bicyclic) bond motifs is 4. The fraction of sp³-hybridized carbons (Fsp3) is 0.132. The minimum Gasteiger partial charge on any atom is -0.319 e. The summed E-state index contributed by atoms with van der Waals surface area (Å²) in [6.07, 6.45) is 0. The highest BCUT2D eigenvalue weighted by Gasteiger charge is 2.72. The Balaban J connectivity index is 1.67. The molecule has 0 amide bonds. The molecule has 0 N–H and O–H groups in total. The predicted molar refractivity (Wildman–Crippen MR) is 170 cm³/mol. The third-order valence-corrected chi connectivity index (χ3v) is 9.16. The summed E-state index contributed by atoms with van der Waals surface area (Å²) in [5, 5.41) is 11.8. The molecule has 1 aromatic heterocycles. The molecule has 5 aromatic carbocycles. The van der Waals surface area contributed by atoms with E-state index < -0.39 is 45.3 Å². The van der Waals surface area contributed by atoms with Crippen LogP contribution in [0.1, 0.15) is 30.5 Å². The monoisotopic (exact) mass is 610 g/mol. The molecule has 0 fully saturated rings. The van der Waals surface area contributed by atoms with Gasteiger partial charge in [0.2, 0.25) is 11.4 Å². The fourth-order valence-corrected chi connectivity index (χ4v) is 6.58. The van der Waals surface area contributed by atoms with Crippen LogP contribution < -0.4 is 0 Å².